The summed E-state index contributed by atoms with van der Waals surface area (Å²) >= 11 is 17.4. The van der Waals surface area contributed by atoms with Gasteiger partial charge in [-0.05, 0) is 95.9 Å². The van der Waals surface area contributed by atoms with E-state index in [1.54, 1.807) is 0 Å². The lowest BCUT2D eigenvalue weighted by molar-refractivity contribution is 0.315. The summed E-state index contributed by atoms with van der Waals surface area (Å²) in [7, 11) is 0. The van der Waals surface area contributed by atoms with Crippen molar-refractivity contribution in [3.63, 3.8) is 0 Å². The van der Waals surface area contributed by atoms with Gasteiger partial charge < -0.3 is 9.47 Å². The van der Waals surface area contributed by atoms with Crippen LogP contribution in [0.2, 0.25) is 0 Å². The number of thiol groups is 4. The summed E-state index contributed by atoms with van der Waals surface area (Å²) in [6.45, 7) is 5.99. The molecular weight excluding hydrogens is 485 g/mol. The highest BCUT2D eigenvalue weighted by molar-refractivity contribution is 7.80. The van der Waals surface area contributed by atoms with Gasteiger partial charge in [0, 0.05) is 5.41 Å². The summed E-state index contributed by atoms with van der Waals surface area (Å²) in [5.41, 5.74) is 4.97. The lowest BCUT2D eigenvalue weighted by Crippen LogP contribution is -2.20. The first-order chi connectivity index (χ1) is 16.0. The zero-order chi connectivity index (χ0) is 24.1. The van der Waals surface area contributed by atoms with Crippen LogP contribution in [0.1, 0.15) is 61.8 Å². The van der Waals surface area contributed by atoms with Gasteiger partial charge >= 0.3 is 0 Å². The van der Waals surface area contributed by atoms with E-state index in [4.69, 9.17) is 9.47 Å². The molecular formula is C27H40O2S4. The lowest BCUT2D eigenvalue weighted by atomic mass is 9.76. The molecule has 0 amide bonds. The van der Waals surface area contributed by atoms with Crippen LogP contribution in [0.15, 0.2) is 36.4 Å². The van der Waals surface area contributed by atoms with Gasteiger partial charge in [0.1, 0.15) is 11.5 Å². The van der Waals surface area contributed by atoms with Crippen molar-refractivity contribution in [1.29, 1.82) is 0 Å². The van der Waals surface area contributed by atoms with Crippen LogP contribution in [0, 0.1) is 0 Å². The Bertz CT molecular complexity index is 771. The minimum Gasteiger partial charge on any atom is -0.493 e. The average Bonchev–Trinajstić information content (AvgIpc) is 2.82. The number of ether oxygens (including phenoxy) is 2. The van der Waals surface area contributed by atoms with E-state index in [0.29, 0.717) is 13.2 Å². The van der Waals surface area contributed by atoms with Crippen molar-refractivity contribution < 1.29 is 9.47 Å². The zero-order valence-electron chi connectivity index (χ0n) is 20.1. The molecule has 0 spiro atoms. The maximum Gasteiger partial charge on any atom is 0.122 e. The number of benzene rings is 2. The number of rotatable bonds is 16. The average molecular weight is 525 g/mol. The number of aryl methyl sites for hydroxylation is 2. The molecule has 0 aliphatic rings. The van der Waals surface area contributed by atoms with Gasteiger partial charge in [-0.2, -0.15) is 50.5 Å². The highest BCUT2D eigenvalue weighted by atomic mass is 32.1. The van der Waals surface area contributed by atoms with Crippen LogP contribution >= 0.6 is 50.5 Å². The van der Waals surface area contributed by atoms with Gasteiger partial charge in [0.2, 0.25) is 0 Å². The highest BCUT2D eigenvalue weighted by Crippen LogP contribution is 2.37. The van der Waals surface area contributed by atoms with E-state index < -0.39 is 0 Å². The molecule has 2 nitrogen and oxygen atoms in total. The highest BCUT2D eigenvalue weighted by Gasteiger charge is 2.25. The molecule has 0 saturated heterocycles. The van der Waals surface area contributed by atoms with Gasteiger partial charge in [0.25, 0.3) is 0 Å². The van der Waals surface area contributed by atoms with Crippen LogP contribution in [0.25, 0.3) is 0 Å². The summed E-state index contributed by atoms with van der Waals surface area (Å²) in [4.78, 5) is 0. The Hall–Kier alpha value is -0.560. The minimum atomic E-state index is -0.140. The third kappa shape index (κ3) is 8.87. The Morgan fingerprint density at radius 3 is 1.36 bits per heavy atom. The second-order valence-electron chi connectivity index (χ2n) is 8.78. The van der Waals surface area contributed by atoms with Gasteiger partial charge in [0.15, 0.2) is 0 Å². The fraction of sp³-hybridized carbons (Fsp3) is 0.556. The Labute approximate surface area is 223 Å². The van der Waals surface area contributed by atoms with Crippen molar-refractivity contribution in [3.8, 4) is 11.5 Å². The van der Waals surface area contributed by atoms with Gasteiger partial charge in [-0.3, -0.25) is 0 Å². The van der Waals surface area contributed by atoms with E-state index in [9.17, 15) is 0 Å². The molecule has 2 aromatic carbocycles. The smallest absolute Gasteiger partial charge is 0.122 e. The molecule has 2 rings (SSSR count). The largest absolute Gasteiger partial charge is 0.493 e. The van der Waals surface area contributed by atoms with Crippen LogP contribution in [-0.2, 0) is 18.3 Å². The van der Waals surface area contributed by atoms with Crippen LogP contribution in [0.4, 0.5) is 0 Å². The van der Waals surface area contributed by atoms with Crippen molar-refractivity contribution in [3.05, 3.63) is 58.7 Å². The molecule has 0 saturated carbocycles. The van der Waals surface area contributed by atoms with Crippen LogP contribution in [0.5, 0.6) is 11.5 Å². The third-order valence-electron chi connectivity index (χ3n) is 5.89. The molecule has 0 heterocycles. The molecule has 0 radical (unpaired) electrons. The van der Waals surface area contributed by atoms with Crippen LogP contribution in [-0.4, -0.2) is 36.2 Å². The summed E-state index contributed by atoms with van der Waals surface area (Å²) in [5.74, 6) is 5.38. The molecule has 0 aliphatic carbocycles. The summed E-state index contributed by atoms with van der Waals surface area (Å²) in [6.07, 6.45) is 5.88. The van der Waals surface area contributed by atoms with Crippen molar-refractivity contribution in [2.45, 2.75) is 57.8 Å². The van der Waals surface area contributed by atoms with E-state index >= 15 is 0 Å². The van der Waals surface area contributed by atoms with Crippen molar-refractivity contribution >= 4 is 50.5 Å². The molecule has 0 bridgehead atoms. The van der Waals surface area contributed by atoms with Gasteiger partial charge in [-0.1, -0.05) is 38.1 Å². The van der Waals surface area contributed by atoms with Crippen LogP contribution in [0.3, 0.4) is 0 Å². The fourth-order valence-corrected chi connectivity index (χ4v) is 4.38. The molecule has 0 unspecified atom stereocenters. The Morgan fingerprint density at radius 1 is 0.606 bits per heavy atom. The van der Waals surface area contributed by atoms with Gasteiger partial charge in [-0.15, -0.1) is 0 Å². The first-order valence-corrected chi connectivity index (χ1v) is 14.5. The molecule has 0 atom stereocenters. The molecule has 2 aromatic rings. The van der Waals surface area contributed by atoms with E-state index in [-0.39, 0.29) is 5.41 Å². The predicted molar refractivity (Wildman–Crippen MR) is 157 cm³/mol. The normalized spacial score (nSPS) is 11.6. The van der Waals surface area contributed by atoms with Crippen LogP contribution < -0.4 is 9.47 Å². The van der Waals surface area contributed by atoms with E-state index in [1.807, 2.05) is 0 Å². The Morgan fingerprint density at radius 2 is 1.00 bits per heavy atom. The summed E-state index contributed by atoms with van der Waals surface area (Å²) in [6, 6.07) is 13.4. The first-order valence-electron chi connectivity index (χ1n) is 11.9. The van der Waals surface area contributed by atoms with E-state index in [1.165, 1.54) is 22.3 Å². The molecule has 33 heavy (non-hydrogen) atoms. The predicted octanol–water partition coefficient (Wildman–Crippen LogP) is 7.13. The summed E-state index contributed by atoms with van der Waals surface area (Å²) in [5, 5.41) is 0. The Kier molecular flexibility index (Phi) is 13.4. The molecule has 0 aromatic heterocycles. The molecule has 0 N–H and O–H groups in total. The minimum absolute atomic E-state index is 0.140. The van der Waals surface area contributed by atoms with Gasteiger partial charge in [-0.25, -0.2) is 0 Å². The molecule has 0 fully saturated rings. The topological polar surface area (TPSA) is 18.5 Å². The zero-order valence-corrected chi connectivity index (χ0v) is 23.6. The lowest BCUT2D eigenvalue weighted by Gasteiger charge is -2.28. The second kappa shape index (κ2) is 15.4. The number of hydrogen-bond acceptors (Lipinski definition) is 6. The van der Waals surface area contributed by atoms with E-state index in [0.717, 1.165) is 73.0 Å². The molecule has 0 aliphatic heterocycles. The second-order valence-corrected chi connectivity index (χ2v) is 10.6. The maximum atomic E-state index is 6.07. The number of hydrogen-bond donors (Lipinski definition) is 4. The van der Waals surface area contributed by atoms with Crippen molar-refractivity contribution in [2.24, 2.45) is 0 Å². The molecule has 184 valence electrons. The first kappa shape index (κ1) is 28.7. The van der Waals surface area contributed by atoms with E-state index in [2.05, 4.69) is 101 Å². The third-order valence-corrected chi connectivity index (χ3v) is 7.16. The van der Waals surface area contributed by atoms with Crippen molar-refractivity contribution in [2.75, 3.05) is 36.2 Å². The quantitative estimate of drug-likeness (QED) is 0.138. The van der Waals surface area contributed by atoms with Crippen molar-refractivity contribution in [1.82, 2.24) is 0 Å². The Balaban J connectivity index is 2.35. The molecule has 6 heteroatoms. The van der Waals surface area contributed by atoms with Gasteiger partial charge in [0.05, 0.1) is 13.2 Å². The monoisotopic (exact) mass is 524 g/mol. The summed E-state index contributed by atoms with van der Waals surface area (Å²) < 4.78 is 12.1. The SMILES string of the molecule is CC(C)(c1ccc(OCCCS)c(CCCS)c1)c1ccc(OCCCS)c(CCCS)c1. The fourth-order valence-electron chi connectivity index (χ4n) is 3.81. The standard InChI is InChI=1S/C27H40O2S4/c1-27(2,23-9-11-25(28-13-5-17-32)21(19-23)7-3-15-30)24-10-12-26(29-14-6-18-33)22(20-24)8-4-16-31/h9-12,19-20,30-33H,3-8,13-18H2,1-2H3. The maximum absolute atomic E-state index is 6.07.